The van der Waals surface area contributed by atoms with E-state index in [9.17, 15) is 5.11 Å². The lowest BCUT2D eigenvalue weighted by atomic mass is 10.2. The van der Waals surface area contributed by atoms with Crippen molar-refractivity contribution < 1.29 is 5.11 Å². The number of nitrogens with zero attached hydrogens (tertiary/aromatic N) is 2. The van der Waals surface area contributed by atoms with Crippen molar-refractivity contribution in [2.75, 3.05) is 5.32 Å². The summed E-state index contributed by atoms with van der Waals surface area (Å²) in [6.07, 6.45) is 5.32. The number of phenolic OH excluding ortho intramolecular Hbond substituents is 1. The van der Waals surface area contributed by atoms with Crippen LogP contribution in [0.1, 0.15) is 11.1 Å². The molecule has 0 aliphatic rings. The van der Waals surface area contributed by atoms with Crippen LogP contribution in [-0.2, 0) is 6.54 Å². The molecule has 0 fully saturated rings. The van der Waals surface area contributed by atoms with Crippen LogP contribution in [0.25, 0.3) is 6.20 Å². The van der Waals surface area contributed by atoms with E-state index in [1.54, 1.807) is 23.1 Å². The van der Waals surface area contributed by atoms with Crippen molar-refractivity contribution in [3.8, 4) is 5.75 Å². The third-order valence-corrected chi connectivity index (χ3v) is 2.55. The minimum atomic E-state index is 0.303. The average molecular weight is 229 g/mol. The summed E-state index contributed by atoms with van der Waals surface area (Å²) in [5.74, 6) is 0.303. The molecule has 17 heavy (non-hydrogen) atoms. The number of aromatic nitrogens is 2. The Labute approximate surface area is 100 Å². The monoisotopic (exact) mass is 229 g/mol. The van der Waals surface area contributed by atoms with Crippen LogP contribution in [0.5, 0.6) is 5.75 Å². The first-order valence-electron chi connectivity index (χ1n) is 5.38. The van der Waals surface area contributed by atoms with E-state index in [2.05, 4.69) is 17.0 Å². The van der Waals surface area contributed by atoms with E-state index in [0.717, 1.165) is 16.8 Å². The molecule has 1 aromatic heterocycles. The zero-order valence-electron chi connectivity index (χ0n) is 9.72. The van der Waals surface area contributed by atoms with Crippen molar-refractivity contribution in [2.45, 2.75) is 13.5 Å². The maximum atomic E-state index is 9.57. The summed E-state index contributed by atoms with van der Waals surface area (Å²) in [5.41, 5.74) is 2.82. The number of phenols is 1. The fraction of sp³-hybridized carbons (Fsp3) is 0.154. The van der Waals surface area contributed by atoms with Crippen molar-refractivity contribution in [2.24, 2.45) is 0 Å². The molecule has 4 heteroatoms. The predicted octanol–water partition coefficient (Wildman–Crippen LogP) is 2.61. The molecule has 88 valence electrons. The molecule has 0 aliphatic carbocycles. The van der Waals surface area contributed by atoms with Gasteiger partial charge in [-0.15, -0.1) is 0 Å². The number of hydrogen-bond donors (Lipinski definition) is 2. The van der Waals surface area contributed by atoms with Crippen molar-refractivity contribution in [1.29, 1.82) is 0 Å². The van der Waals surface area contributed by atoms with Crippen LogP contribution in [-0.4, -0.2) is 14.9 Å². The van der Waals surface area contributed by atoms with Gasteiger partial charge in [-0.05, 0) is 18.6 Å². The first-order valence-corrected chi connectivity index (χ1v) is 5.38. The van der Waals surface area contributed by atoms with Crippen molar-refractivity contribution in [1.82, 2.24) is 9.78 Å². The van der Waals surface area contributed by atoms with E-state index in [-0.39, 0.29) is 0 Å². The first kappa shape index (κ1) is 11.3. The second-order valence-electron chi connectivity index (χ2n) is 3.87. The van der Waals surface area contributed by atoms with Gasteiger partial charge in [-0.25, -0.2) is 4.68 Å². The van der Waals surface area contributed by atoms with Crippen molar-refractivity contribution in [3.63, 3.8) is 0 Å². The minimum Gasteiger partial charge on any atom is -0.508 e. The third kappa shape index (κ3) is 2.66. The Balaban J connectivity index is 2.01. The van der Waals surface area contributed by atoms with E-state index in [1.807, 2.05) is 25.3 Å². The van der Waals surface area contributed by atoms with Gasteiger partial charge in [0.25, 0.3) is 0 Å². The van der Waals surface area contributed by atoms with Gasteiger partial charge in [0.15, 0.2) is 0 Å². The van der Waals surface area contributed by atoms with Crippen LogP contribution < -0.4 is 5.32 Å². The Bertz CT molecular complexity index is 531. The Morgan fingerprint density at radius 1 is 1.53 bits per heavy atom. The van der Waals surface area contributed by atoms with Gasteiger partial charge in [0.1, 0.15) is 5.75 Å². The summed E-state index contributed by atoms with van der Waals surface area (Å²) in [4.78, 5) is 0. The zero-order valence-corrected chi connectivity index (χ0v) is 9.72. The van der Waals surface area contributed by atoms with E-state index >= 15 is 0 Å². The molecule has 4 nitrogen and oxygen atoms in total. The molecular formula is C13H15N3O. The molecule has 2 N–H and O–H groups in total. The van der Waals surface area contributed by atoms with Gasteiger partial charge in [-0.1, -0.05) is 12.6 Å². The first-order chi connectivity index (χ1) is 8.19. The molecule has 1 heterocycles. The molecule has 2 rings (SSSR count). The second kappa shape index (κ2) is 4.74. The molecule has 0 spiro atoms. The van der Waals surface area contributed by atoms with Gasteiger partial charge in [-0.3, -0.25) is 0 Å². The Hall–Kier alpha value is -2.23. The lowest BCUT2D eigenvalue weighted by Crippen LogP contribution is -1.98. The summed E-state index contributed by atoms with van der Waals surface area (Å²) in [6.45, 7) is 6.16. The molecule has 0 unspecified atom stereocenters. The highest BCUT2D eigenvalue weighted by Crippen LogP contribution is 2.21. The topological polar surface area (TPSA) is 50.1 Å². The number of aryl methyl sites for hydroxylation is 1. The molecular weight excluding hydrogens is 214 g/mol. The predicted molar refractivity (Wildman–Crippen MR) is 68.8 cm³/mol. The summed E-state index contributed by atoms with van der Waals surface area (Å²) in [5, 5.41) is 16.9. The number of aromatic hydroxyl groups is 1. The van der Waals surface area contributed by atoms with Gasteiger partial charge in [-0.2, -0.15) is 5.10 Å². The highest BCUT2D eigenvalue weighted by molar-refractivity contribution is 5.51. The van der Waals surface area contributed by atoms with Gasteiger partial charge in [0.05, 0.1) is 6.20 Å². The SMILES string of the molecule is C=Cn1cc(CNc2ccc(C)c(O)c2)cn1. The van der Waals surface area contributed by atoms with Gasteiger partial charge < -0.3 is 10.4 Å². The van der Waals surface area contributed by atoms with Gasteiger partial charge >= 0.3 is 0 Å². The molecule has 0 bridgehead atoms. The number of rotatable bonds is 4. The lowest BCUT2D eigenvalue weighted by molar-refractivity contribution is 0.471. The normalized spacial score (nSPS) is 10.2. The van der Waals surface area contributed by atoms with Gasteiger partial charge in [0.2, 0.25) is 0 Å². The molecule has 0 atom stereocenters. The van der Waals surface area contributed by atoms with E-state index in [1.165, 1.54) is 0 Å². The number of hydrogen-bond acceptors (Lipinski definition) is 3. The average Bonchev–Trinajstić information content (AvgIpc) is 2.79. The summed E-state index contributed by atoms with van der Waals surface area (Å²) < 4.78 is 1.66. The van der Waals surface area contributed by atoms with E-state index in [0.29, 0.717) is 12.3 Å². The zero-order chi connectivity index (χ0) is 12.3. The molecule has 1 aromatic carbocycles. The Morgan fingerprint density at radius 2 is 2.35 bits per heavy atom. The number of benzene rings is 1. The van der Waals surface area contributed by atoms with Crippen molar-refractivity contribution >= 4 is 11.9 Å². The fourth-order valence-electron chi connectivity index (χ4n) is 1.49. The standard InChI is InChI=1S/C13H15N3O/c1-3-16-9-11(8-15-16)7-14-12-5-4-10(2)13(17)6-12/h3-6,8-9,14,17H,1,7H2,2H3. The largest absolute Gasteiger partial charge is 0.508 e. The van der Waals surface area contributed by atoms with Gasteiger partial charge in [0, 0.05) is 36.3 Å². The molecule has 0 radical (unpaired) electrons. The maximum Gasteiger partial charge on any atom is 0.120 e. The Kier molecular flexibility index (Phi) is 3.14. The molecule has 0 aliphatic heterocycles. The van der Waals surface area contributed by atoms with Crippen molar-refractivity contribution in [3.05, 3.63) is 48.3 Å². The Morgan fingerprint density at radius 3 is 3.00 bits per heavy atom. The van der Waals surface area contributed by atoms with Crippen LogP contribution in [0.4, 0.5) is 5.69 Å². The minimum absolute atomic E-state index is 0.303. The van der Waals surface area contributed by atoms with Crippen LogP contribution in [0.15, 0.2) is 37.2 Å². The van der Waals surface area contributed by atoms with Crippen LogP contribution >= 0.6 is 0 Å². The fourth-order valence-corrected chi connectivity index (χ4v) is 1.49. The summed E-state index contributed by atoms with van der Waals surface area (Å²) in [6, 6.07) is 5.53. The maximum absolute atomic E-state index is 9.57. The van der Waals surface area contributed by atoms with E-state index in [4.69, 9.17) is 0 Å². The molecule has 0 amide bonds. The number of anilines is 1. The molecule has 2 aromatic rings. The summed E-state index contributed by atoms with van der Waals surface area (Å²) in [7, 11) is 0. The highest BCUT2D eigenvalue weighted by atomic mass is 16.3. The molecule has 0 saturated heterocycles. The third-order valence-electron chi connectivity index (χ3n) is 2.55. The quantitative estimate of drug-likeness (QED) is 0.847. The van der Waals surface area contributed by atoms with Crippen LogP contribution in [0, 0.1) is 6.92 Å². The van der Waals surface area contributed by atoms with Crippen LogP contribution in [0.3, 0.4) is 0 Å². The smallest absolute Gasteiger partial charge is 0.120 e. The summed E-state index contributed by atoms with van der Waals surface area (Å²) >= 11 is 0. The molecule has 0 saturated carbocycles. The second-order valence-corrected chi connectivity index (χ2v) is 3.87. The lowest BCUT2D eigenvalue weighted by Gasteiger charge is -2.06. The van der Waals surface area contributed by atoms with Crippen LogP contribution in [0.2, 0.25) is 0 Å². The van der Waals surface area contributed by atoms with E-state index < -0.39 is 0 Å². The number of nitrogens with one attached hydrogen (secondary N) is 1. The highest BCUT2D eigenvalue weighted by Gasteiger charge is 1.99.